The average molecular weight is 333 g/mol. The number of likely N-dealkylation sites (N-methyl/N-ethyl adjacent to an activating group) is 1. The molecule has 0 aromatic rings. The van der Waals surface area contributed by atoms with Gasteiger partial charge in [0.1, 0.15) is 0 Å². The second-order valence-electron chi connectivity index (χ2n) is 7.97. The van der Waals surface area contributed by atoms with Gasteiger partial charge in [-0.1, -0.05) is 0 Å². The molecular weight excluding hydrogens is 304 g/mol. The minimum Gasteiger partial charge on any atom is -0.354 e. The van der Waals surface area contributed by atoms with Crippen LogP contribution in [-0.4, -0.2) is 48.9 Å². The van der Waals surface area contributed by atoms with Gasteiger partial charge in [-0.25, -0.2) is 0 Å². The molecule has 6 heteroatoms. The minimum atomic E-state index is -0.0684. The predicted molar refractivity (Wildman–Crippen MR) is 88.6 cm³/mol. The number of hydrogen-bond donors (Lipinski definition) is 2. The van der Waals surface area contributed by atoms with E-state index in [1.54, 1.807) is 12.4 Å². The molecule has 0 aliphatic heterocycles. The first-order valence-electron chi connectivity index (χ1n) is 9.26. The van der Waals surface area contributed by atoms with Crippen LogP contribution in [-0.2, 0) is 9.59 Å². The molecule has 0 heterocycles. The summed E-state index contributed by atoms with van der Waals surface area (Å²) in [5, 5.41) is 13.3. The highest BCUT2D eigenvalue weighted by Crippen LogP contribution is 2.57. The molecule has 4 rings (SSSR count). The summed E-state index contributed by atoms with van der Waals surface area (Å²) in [6.45, 7) is 1.10. The van der Waals surface area contributed by atoms with E-state index in [0.717, 1.165) is 37.0 Å². The molecule has 4 aliphatic rings. The maximum Gasteiger partial charge on any atom is 0.278 e. The van der Waals surface area contributed by atoms with Crippen molar-refractivity contribution in [3.63, 3.8) is 0 Å². The highest BCUT2D eigenvalue weighted by Gasteiger charge is 2.54. The molecule has 0 atom stereocenters. The molecule has 24 heavy (non-hydrogen) atoms. The van der Waals surface area contributed by atoms with Gasteiger partial charge in [-0.05, 0) is 56.3 Å². The molecule has 0 aromatic heterocycles. The fourth-order valence-corrected chi connectivity index (χ4v) is 5.72. The molecule has 0 unspecified atom stereocenters. The van der Waals surface area contributed by atoms with Crippen molar-refractivity contribution in [2.24, 2.45) is 17.8 Å². The molecule has 4 fully saturated rings. The molecule has 3 N–H and O–H groups in total. The van der Waals surface area contributed by atoms with Gasteiger partial charge in [0, 0.05) is 19.1 Å². The van der Waals surface area contributed by atoms with E-state index in [1.807, 2.05) is 4.90 Å². The Hall–Kier alpha value is -1.61. The van der Waals surface area contributed by atoms with Crippen molar-refractivity contribution in [3.8, 4) is 6.07 Å². The lowest BCUT2D eigenvalue weighted by molar-refractivity contribution is -0.633. The van der Waals surface area contributed by atoms with Crippen LogP contribution >= 0.6 is 0 Å². The molecule has 0 radical (unpaired) electrons. The van der Waals surface area contributed by atoms with Gasteiger partial charge in [0.25, 0.3) is 11.8 Å². The Morgan fingerprint density at radius 2 is 1.75 bits per heavy atom. The highest BCUT2D eigenvalue weighted by atomic mass is 16.2. The van der Waals surface area contributed by atoms with Crippen molar-refractivity contribution in [2.75, 3.05) is 26.7 Å². The van der Waals surface area contributed by atoms with Gasteiger partial charge >= 0.3 is 0 Å². The number of nitriles is 1. The Labute approximate surface area is 144 Å². The molecule has 132 valence electrons. The molecule has 6 nitrogen and oxygen atoms in total. The smallest absolute Gasteiger partial charge is 0.278 e. The Kier molecular flexibility index (Phi) is 5.09. The van der Waals surface area contributed by atoms with Crippen molar-refractivity contribution in [1.82, 2.24) is 10.2 Å². The fourth-order valence-electron chi connectivity index (χ4n) is 5.72. The van der Waals surface area contributed by atoms with E-state index in [0.29, 0.717) is 19.5 Å². The third-order valence-corrected chi connectivity index (χ3v) is 6.25. The number of nitrogens with zero attached hydrogens (tertiary/aromatic N) is 2. The lowest BCUT2D eigenvalue weighted by Crippen LogP contribution is -2.89. The summed E-state index contributed by atoms with van der Waals surface area (Å²) >= 11 is 0. The zero-order valence-electron chi connectivity index (χ0n) is 14.6. The summed E-state index contributed by atoms with van der Waals surface area (Å²) in [5.74, 6) is 2.33. The first kappa shape index (κ1) is 17.2. The van der Waals surface area contributed by atoms with Gasteiger partial charge in [-0.2, -0.15) is 5.26 Å². The topological polar surface area (TPSA) is 89.8 Å². The van der Waals surface area contributed by atoms with Crippen LogP contribution in [0, 0.1) is 29.1 Å². The molecule has 4 aliphatic carbocycles. The van der Waals surface area contributed by atoms with Gasteiger partial charge in [0.2, 0.25) is 0 Å². The standard InChI is InChI=1S/C18H28N4O2/c1-20-16(23)11-21-12-17(24)22(4-2-3-19)18-8-13-5-14(9-18)7-15(6-13)10-18/h13-15,21H,2,4-12H2,1H3,(H,20,23)/p+1. The Morgan fingerprint density at radius 3 is 2.25 bits per heavy atom. The number of carbonyl (C=O) groups excluding carboxylic acids is 2. The van der Waals surface area contributed by atoms with Crippen molar-refractivity contribution < 1.29 is 14.9 Å². The van der Waals surface area contributed by atoms with Gasteiger partial charge in [0.05, 0.1) is 12.5 Å². The zero-order chi connectivity index (χ0) is 17.2. The van der Waals surface area contributed by atoms with Crippen LogP contribution in [0.2, 0.25) is 0 Å². The number of nitrogens with one attached hydrogen (secondary N) is 1. The monoisotopic (exact) mass is 333 g/mol. The number of amides is 2. The highest BCUT2D eigenvalue weighted by molar-refractivity contribution is 5.79. The molecule has 0 aromatic carbocycles. The lowest BCUT2D eigenvalue weighted by Gasteiger charge is -2.60. The van der Waals surface area contributed by atoms with Crippen LogP contribution in [0.15, 0.2) is 0 Å². The van der Waals surface area contributed by atoms with Gasteiger partial charge in [-0.15, -0.1) is 0 Å². The molecule has 2 amide bonds. The maximum atomic E-state index is 12.9. The Morgan fingerprint density at radius 1 is 1.17 bits per heavy atom. The van der Waals surface area contributed by atoms with Crippen LogP contribution in [0.4, 0.5) is 0 Å². The molecule has 4 saturated carbocycles. The predicted octanol–water partition coefficient (Wildman–Crippen LogP) is 0.00688. The second kappa shape index (κ2) is 7.10. The molecule has 0 saturated heterocycles. The van der Waals surface area contributed by atoms with Crippen LogP contribution < -0.4 is 10.6 Å². The second-order valence-corrected chi connectivity index (χ2v) is 7.97. The van der Waals surface area contributed by atoms with Crippen LogP contribution in [0.5, 0.6) is 0 Å². The van der Waals surface area contributed by atoms with Crippen LogP contribution in [0.3, 0.4) is 0 Å². The summed E-state index contributed by atoms with van der Waals surface area (Å²) in [7, 11) is 1.60. The first-order valence-corrected chi connectivity index (χ1v) is 9.26. The Bertz CT molecular complexity index is 504. The number of nitrogens with two attached hydrogens (primary N) is 1. The minimum absolute atomic E-state index is 0.0104. The van der Waals surface area contributed by atoms with Gasteiger partial charge in [0.15, 0.2) is 13.1 Å². The van der Waals surface area contributed by atoms with Crippen molar-refractivity contribution in [1.29, 1.82) is 5.26 Å². The summed E-state index contributed by atoms with van der Waals surface area (Å²) in [6.07, 6.45) is 7.75. The Balaban J connectivity index is 1.68. The fraction of sp³-hybridized carbons (Fsp3) is 0.833. The molecule has 0 spiro atoms. The first-order chi connectivity index (χ1) is 11.6. The molecule has 4 bridgehead atoms. The van der Waals surface area contributed by atoms with Gasteiger partial charge in [-0.3, -0.25) is 9.59 Å². The number of carbonyl (C=O) groups is 2. The summed E-state index contributed by atoms with van der Waals surface area (Å²) in [6, 6.07) is 2.20. The largest absolute Gasteiger partial charge is 0.354 e. The lowest BCUT2D eigenvalue weighted by atomic mass is 9.52. The summed E-state index contributed by atoms with van der Waals surface area (Å²) in [4.78, 5) is 26.3. The number of rotatable bonds is 7. The van der Waals surface area contributed by atoms with E-state index in [9.17, 15) is 9.59 Å². The van der Waals surface area contributed by atoms with Crippen LogP contribution in [0.1, 0.15) is 44.9 Å². The quantitative estimate of drug-likeness (QED) is 0.687. The summed E-state index contributed by atoms with van der Waals surface area (Å²) in [5.41, 5.74) is -0.0104. The third-order valence-electron chi connectivity index (χ3n) is 6.25. The van der Waals surface area contributed by atoms with E-state index in [2.05, 4.69) is 11.4 Å². The van der Waals surface area contributed by atoms with Crippen LogP contribution in [0.25, 0.3) is 0 Å². The normalized spacial score (nSPS) is 33.1. The third kappa shape index (κ3) is 3.41. The number of hydrogen-bond acceptors (Lipinski definition) is 3. The van der Waals surface area contributed by atoms with Gasteiger partial charge < -0.3 is 15.5 Å². The molecular formula is C18H29N4O2+. The van der Waals surface area contributed by atoms with E-state index in [1.165, 1.54) is 19.3 Å². The van der Waals surface area contributed by atoms with Crippen molar-refractivity contribution in [3.05, 3.63) is 0 Å². The van der Waals surface area contributed by atoms with Crippen molar-refractivity contribution in [2.45, 2.75) is 50.5 Å². The van der Waals surface area contributed by atoms with E-state index < -0.39 is 0 Å². The van der Waals surface area contributed by atoms with E-state index >= 15 is 0 Å². The SMILES string of the molecule is CNC(=O)C[NH2+]CC(=O)N(CCC#N)C12CC3CC(CC(C3)C1)C2. The van der Waals surface area contributed by atoms with Crippen molar-refractivity contribution >= 4 is 11.8 Å². The van der Waals surface area contributed by atoms with E-state index in [-0.39, 0.29) is 23.9 Å². The number of quaternary nitrogens is 1. The summed E-state index contributed by atoms with van der Waals surface area (Å²) < 4.78 is 0. The maximum absolute atomic E-state index is 12.9. The zero-order valence-corrected chi connectivity index (χ0v) is 14.6. The average Bonchev–Trinajstić information content (AvgIpc) is 2.53. The van der Waals surface area contributed by atoms with E-state index in [4.69, 9.17) is 5.26 Å².